The molecule has 0 aromatic rings. The summed E-state index contributed by atoms with van der Waals surface area (Å²) in [5.74, 6) is 0. The van der Waals surface area contributed by atoms with Crippen molar-refractivity contribution in [1.29, 1.82) is 0 Å². The molecule has 16 heavy (non-hydrogen) atoms. The Morgan fingerprint density at radius 1 is 0.875 bits per heavy atom. The molecule has 3 atom stereocenters. The molecule has 0 saturated carbocycles. The SMILES string of the molecule is CCCCCCCC(O)C(O)CC(O)CO. The fraction of sp³-hybridized carbons (Fsp3) is 1.00. The maximum Gasteiger partial charge on any atom is 0.0824 e. The van der Waals surface area contributed by atoms with Crippen molar-refractivity contribution in [2.45, 2.75) is 70.2 Å². The molecule has 0 aliphatic carbocycles. The van der Waals surface area contributed by atoms with Gasteiger partial charge in [-0.3, -0.25) is 0 Å². The van der Waals surface area contributed by atoms with Crippen LogP contribution in [0.3, 0.4) is 0 Å². The van der Waals surface area contributed by atoms with E-state index < -0.39 is 18.3 Å². The number of unbranched alkanes of at least 4 members (excludes halogenated alkanes) is 4. The summed E-state index contributed by atoms with van der Waals surface area (Å²) in [5, 5.41) is 36.8. The van der Waals surface area contributed by atoms with Gasteiger partial charge in [0.1, 0.15) is 0 Å². The minimum atomic E-state index is -0.940. The highest BCUT2D eigenvalue weighted by atomic mass is 16.3. The zero-order valence-corrected chi connectivity index (χ0v) is 10.2. The van der Waals surface area contributed by atoms with Gasteiger partial charge in [0.05, 0.1) is 24.9 Å². The number of rotatable bonds is 10. The molecular weight excluding hydrogens is 208 g/mol. The molecule has 0 radical (unpaired) electrons. The smallest absolute Gasteiger partial charge is 0.0824 e. The quantitative estimate of drug-likeness (QED) is 0.422. The van der Waals surface area contributed by atoms with Gasteiger partial charge >= 0.3 is 0 Å². The Morgan fingerprint density at radius 3 is 2.06 bits per heavy atom. The van der Waals surface area contributed by atoms with E-state index in [-0.39, 0.29) is 13.0 Å². The van der Waals surface area contributed by atoms with Crippen LogP contribution in [0.1, 0.15) is 51.9 Å². The second-order valence-corrected chi connectivity index (χ2v) is 4.41. The van der Waals surface area contributed by atoms with Crippen LogP contribution in [0, 0.1) is 0 Å². The average Bonchev–Trinajstić information content (AvgIpc) is 2.28. The van der Waals surface area contributed by atoms with Crippen LogP contribution in [0.5, 0.6) is 0 Å². The highest BCUT2D eigenvalue weighted by Gasteiger charge is 2.19. The van der Waals surface area contributed by atoms with Crippen molar-refractivity contribution in [3.8, 4) is 0 Å². The van der Waals surface area contributed by atoms with Crippen LogP contribution < -0.4 is 0 Å². The summed E-state index contributed by atoms with van der Waals surface area (Å²) in [7, 11) is 0. The zero-order valence-electron chi connectivity index (χ0n) is 10.2. The largest absolute Gasteiger partial charge is 0.394 e. The Bertz CT molecular complexity index is 152. The molecule has 0 saturated heterocycles. The van der Waals surface area contributed by atoms with Gasteiger partial charge in [0.2, 0.25) is 0 Å². The van der Waals surface area contributed by atoms with E-state index in [1.165, 1.54) is 19.3 Å². The minimum Gasteiger partial charge on any atom is -0.394 e. The number of aliphatic hydroxyl groups excluding tert-OH is 4. The number of hydrogen-bond acceptors (Lipinski definition) is 4. The molecule has 4 heteroatoms. The zero-order chi connectivity index (χ0) is 12.4. The topological polar surface area (TPSA) is 80.9 Å². The molecule has 0 aromatic heterocycles. The predicted octanol–water partition coefficient (Wildman–Crippen LogP) is 0.812. The fourth-order valence-corrected chi connectivity index (χ4v) is 1.66. The highest BCUT2D eigenvalue weighted by molar-refractivity contribution is 4.70. The predicted molar refractivity (Wildman–Crippen MR) is 63.1 cm³/mol. The molecule has 4 nitrogen and oxygen atoms in total. The number of hydrogen-bond donors (Lipinski definition) is 4. The van der Waals surface area contributed by atoms with Crippen LogP contribution in [0.2, 0.25) is 0 Å². The molecule has 0 fully saturated rings. The van der Waals surface area contributed by atoms with Gasteiger partial charge in [-0.15, -0.1) is 0 Å². The molecule has 4 N–H and O–H groups in total. The summed E-state index contributed by atoms with van der Waals surface area (Å²) in [4.78, 5) is 0. The summed E-state index contributed by atoms with van der Waals surface area (Å²) in [6, 6.07) is 0. The monoisotopic (exact) mass is 234 g/mol. The van der Waals surface area contributed by atoms with Crippen LogP contribution in [-0.2, 0) is 0 Å². The van der Waals surface area contributed by atoms with Gasteiger partial charge in [0.15, 0.2) is 0 Å². The second kappa shape index (κ2) is 10.0. The van der Waals surface area contributed by atoms with E-state index in [0.29, 0.717) is 6.42 Å². The highest BCUT2D eigenvalue weighted by Crippen LogP contribution is 2.12. The Kier molecular flexibility index (Phi) is 9.92. The molecule has 0 heterocycles. The van der Waals surface area contributed by atoms with E-state index in [2.05, 4.69) is 6.92 Å². The minimum absolute atomic E-state index is 0.0344. The molecule has 0 rings (SSSR count). The molecule has 0 aromatic carbocycles. The first-order chi connectivity index (χ1) is 7.61. The van der Waals surface area contributed by atoms with Gasteiger partial charge in [-0.25, -0.2) is 0 Å². The maximum absolute atomic E-state index is 9.58. The van der Waals surface area contributed by atoms with Crippen molar-refractivity contribution in [2.75, 3.05) is 6.61 Å². The van der Waals surface area contributed by atoms with E-state index in [1.807, 2.05) is 0 Å². The van der Waals surface area contributed by atoms with E-state index in [0.717, 1.165) is 12.8 Å². The third kappa shape index (κ3) is 8.05. The number of aliphatic hydroxyl groups is 4. The van der Waals surface area contributed by atoms with E-state index in [1.54, 1.807) is 0 Å². The van der Waals surface area contributed by atoms with Gasteiger partial charge in [0, 0.05) is 6.42 Å². The van der Waals surface area contributed by atoms with Crippen molar-refractivity contribution in [3.05, 3.63) is 0 Å². The Hall–Kier alpha value is -0.160. The van der Waals surface area contributed by atoms with Gasteiger partial charge in [-0.2, -0.15) is 0 Å². The van der Waals surface area contributed by atoms with E-state index in [9.17, 15) is 10.2 Å². The lowest BCUT2D eigenvalue weighted by atomic mass is 10.0. The van der Waals surface area contributed by atoms with Gasteiger partial charge < -0.3 is 20.4 Å². The van der Waals surface area contributed by atoms with Crippen molar-refractivity contribution in [1.82, 2.24) is 0 Å². The Morgan fingerprint density at radius 2 is 1.50 bits per heavy atom. The lowest BCUT2D eigenvalue weighted by Gasteiger charge is -2.19. The fourth-order valence-electron chi connectivity index (χ4n) is 1.66. The summed E-state index contributed by atoms with van der Waals surface area (Å²) in [5.41, 5.74) is 0. The maximum atomic E-state index is 9.58. The molecule has 3 unspecified atom stereocenters. The van der Waals surface area contributed by atoms with Crippen molar-refractivity contribution < 1.29 is 20.4 Å². The standard InChI is InChI=1S/C12H26O4/c1-2-3-4-5-6-7-11(15)12(16)8-10(14)9-13/h10-16H,2-9H2,1H3. The van der Waals surface area contributed by atoms with Crippen molar-refractivity contribution in [2.24, 2.45) is 0 Å². The Balaban J connectivity index is 3.51. The van der Waals surface area contributed by atoms with Crippen LogP contribution in [-0.4, -0.2) is 45.3 Å². The van der Waals surface area contributed by atoms with Gasteiger partial charge in [-0.1, -0.05) is 39.0 Å². The summed E-state index contributed by atoms with van der Waals surface area (Å²) >= 11 is 0. The van der Waals surface area contributed by atoms with Gasteiger partial charge in [0.25, 0.3) is 0 Å². The molecule has 0 aliphatic rings. The lowest BCUT2D eigenvalue weighted by molar-refractivity contribution is -0.0270. The first kappa shape index (κ1) is 15.8. The first-order valence-corrected chi connectivity index (χ1v) is 6.26. The molecular formula is C12H26O4. The third-order valence-corrected chi connectivity index (χ3v) is 2.77. The Labute approximate surface area is 97.9 Å². The van der Waals surface area contributed by atoms with Crippen LogP contribution in [0.15, 0.2) is 0 Å². The van der Waals surface area contributed by atoms with Crippen LogP contribution >= 0.6 is 0 Å². The summed E-state index contributed by atoms with van der Waals surface area (Å²) < 4.78 is 0. The molecule has 0 aliphatic heterocycles. The lowest BCUT2D eigenvalue weighted by Crippen LogP contribution is -2.31. The van der Waals surface area contributed by atoms with Crippen LogP contribution in [0.4, 0.5) is 0 Å². The van der Waals surface area contributed by atoms with E-state index >= 15 is 0 Å². The van der Waals surface area contributed by atoms with Crippen molar-refractivity contribution >= 4 is 0 Å². The molecule has 98 valence electrons. The summed E-state index contributed by atoms with van der Waals surface area (Å²) in [6.45, 7) is 1.77. The van der Waals surface area contributed by atoms with E-state index in [4.69, 9.17) is 10.2 Å². The molecule has 0 amide bonds. The van der Waals surface area contributed by atoms with Gasteiger partial charge in [-0.05, 0) is 6.42 Å². The molecule has 0 bridgehead atoms. The second-order valence-electron chi connectivity index (χ2n) is 4.41. The average molecular weight is 234 g/mol. The van der Waals surface area contributed by atoms with Crippen LogP contribution in [0.25, 0.3) is 0 Å². The third-order valence-electron chi connectivity index (χ3n) is 2.77. The summed E-state index contributed by atoms with van der Waals surface area (Å²) in [6.07, 6.45) is 3.46. The normalized spacial score (nSPS) is 17.1. The molecule has 0 spiro atoms. The first-order valence-electron chi connectivity index (χ1n) is 6.26. The van der Waals surface area contributed by atoms with Crippen molar-refractivity contribution in [3.63, 3.8) is 0 Å².